The minimum Gasteiger partial charge on any atom is -0.455 e. The molecule has 2 heterocycles. The van der Waals surface area contributed by atoms with Crippen LogP contribution in [0.4, 0.5) is 34.1 Å². The topological polar surface area (TPSA) is 32.8 Å². The van der Waals surface area contributed by atoms with Crippen LogP contribution in [-0.2, 0) is 0 Å². The molecule has 0 fully saturated rings. The Balaban J connectivity index is 0.906. The summed E-state index contributed by atoms with van der Waals surface area (Å²) in [6, 6.07) is 75.1. The maximum atomic E-state index is 6.82. The van der Waals surface area contributed by atoms with Gasteiger partial charge in [0.1, 0.15) is 22.3 Å². The standard InChI is InChI=1S/C64H48N2O2/c1-39(2)41-19-25-47(26-20-41)65(59-17-9-13-43-11-5-7-15-51(43)59)49-29-33-53-45(35-49)23-31-55-57-37-58-56-32-24-46-36-50(30-34-54(46)64(56)68-62(58)38-61(57)67-63(53)55)66(48-27-21-42(22-28-48)40(3)4)60-18-10-14-44-12-6-8-16-52(44)60/h5-40H,1-4H3. The second kappa shape index (κ2) is 15.6. The highest BCUT2D eigenvalue weighted by molar-refractivity contribution is 6.22. The normalized spacial score (nSPS) is 12.1. The number of furan rings is 2. The van der Waals surface area contributed by atoms with Crippen molar-refractivity contribution in [3.05, 3.63) is 217 Å². The molecule has 4 nitrogen and oxygen atoms in total. The molecule has 0 radical (unpaired) electrons. The summed E-state index contributed by atoms with van der Waals surface area (Å²) >= 11 is 0. The lowest BCUT2D eigenvalue weighted by molar-refractivity contribution is 0.660. The first-order valence-corrected chi connectivity index (χ1v) is 23.8. The van der Waals surface area contributed by atoms with Crippen LogP contribution in [0, 0.1) is 0 Å². The van der Waals surface area contributed by atoms with Crippen LogP contribution >= 0.6 is 0 Å². The summed E-state index contributed by atoms with van der Waals surface area (Å²) in [6.07, 6.45) is 0. The van der Waals surface area contributed by atoms with Crippen LogP contribution in [0.1, 0.15) is 50.7 Å². The van der Waals surface area contributed by atoms with Crippen molar-refractivity contribution in [1.82, 2.24) is 0 Å². The molecule has 0 spiro atoms. The Labute approximate surface area is 394 Å². The fourth-order valence-electron chi connectivity index (χ4n) is 10.5. The van der Waals surface area contributed by atoms with Crippen LogP contribution in [0.2, 0.25) is 0 Å². The monoisotopic (exact) mass is 876 g/mol. The van der Waals surface area contributed by atoms with Gasteiger partial charge in [0.25, 0.3) is 0 Å². The molecule has 0 unspecified atom stereocenters. The summed E-state index contributed by atoms with van der Waals surface area (Å²) in [7, 11) is 0. The molecular formula is C64H48N2O2. The van der Waals surface area contributed by atoms with Crippen LogP contribution in [0.3, 0.4) is 0 Å². The molecule has 68 heavy (non-hydrogen) atoms. The molecule has 0 bridgehead atoms. The summed E-state index contributed by atoms with van der Waals surface area (Å²) in [5.74, 6) is 0.910. The third kappa shape index (κ3) is 6.43. The van der Waals surface area contributed by atoms with Crippen molar-refractivity contribution in [3.63, 3.8) is 0 Å². The Morgan fingerprint density at radius 2 is 0.691 bits per heavy atom. The third-order valence-corrected chi connectivity index (χ3v) is 14.2. The molecule has 0 atom stereocenters. The fraction of sp³-hybridized carbons (Fsp3) is 0.0938. The average Bonchev–Trinajstić information content (AvgIpc) is 3.94. The zero-order valence-electron chi connectivity index (χ0n) is 38.5. The first-order chi connectivity index (χ1) is 33.3. The highest BCUT2D eigenvalue weighted by Crippen LogP contribution is 2.46. The zero-order valence-corrected chi connectivity index (χ0v) is 38.5. The molecule has 2 aromatic heterocycles. The Morgan fingerprint density at radius 1 is 0.294 bits per heavy atom. The maximum absolute atomic E-state index is 6.82. The number of nitrogens with zero attached hydrogens (tertiary/aromatic N) is 2. The number of anilines is 6. The van der Waals surface area contributed by atoms with Crippen molar-refractivity contribution in [2.75, 3.05) is 9.80 Å². The van der Waals surface area contributed by atoms with Crippen molar-refractivity contribution >= 4 is 121 Å². The summed E-state index contributed by atoms with van der Waals surface area (Å²) in [6.45, 7) is 8.97. The molecule has 13 aromatic rings. The lowest BCUT2D eigenvalue weighted by Gasteiger charge is -2.27. The zero-order chi connectivity index (χ0) is 45.6. The SMILES string of the molecule is CC(C)c1ccc(N(c2ccc3c(ccc4c5cc6c(cc5oc34)oc3c4ccc(N(c5ccc(C(C)C)cc5)c5cccc7ccccc57)cc4ccc63)c2)c2cccc3ccccc23)cc1. The van der Waals surface area contributed by atoms with E-state index in [1.54, 1.807) is 0 Å². The molecule has 0 aliphatic rings. The molecular weight excluding hydrogens is 829 g/mol. The van der Waals surface area contributed by atoms with Gasteiger partial charge in [-0.1, -0.05) is 137 Å². The number of hydrogen-bond acceptors (Lipinski definition) is 4. The lowest BCUT2D eigenvalue weighted by Crippen LogP contribution is -2.10. The Morgan fingerprint density at radius 3 is 1.13 bits per heavy atom. The van der Waals surface area contributed by atoms with E-state index in [0.29, 0.717) is 11.8 Å². The average molecular weight is 877 g/mol. The number of rotatable bonds is 8. The van der Waals surface area contributed by atoms with E-state index in [9.17, 15) is 0 Å². The van der Waals surface area contributed by atoms with Gasteiger partial charge in [0.2, 0.25) is 0 Å². The van der Waals surface area contributed by atoms with Gasteiger partial charge in [-0.15, -0.1) is 0 Å². The highest BCUT2D eigenvalue weighted by atomic mass is 16.3. The van der Waals surface area contributed by atoms with Crippen LogP contribution in [-0.4, -0.2) is 0 Å². The Kier molecular flexibility index (Phi) is 9.20. The van der Waals surface area contributed by atoms with E-state index in [1.807, 2.05) is 0 Å². The van der Waals surface area contributed by atoms with Crippen molar-refractivity contribution in [2.24, 2.45) is 0 Å². The minimum absolute atomic E-state index is 0.455. The van der Waals surface area contributed by atoms with E-state index in [4.69, 9.17) is 8.83 Å². The second-order valence-corrected chi connectivity index (χ2v) is 18.9. The fourth-order valence-corrected chi connectivity index (χ4v) is 10.5. The van der Waals surface area contributed by atoms with Crippen LogP contribution < -0.4 is 9.80 Å². The summed E-state index contributed by atoms with van der Waals surface area (Å²) < 4.78 is 13.6. The number of hydrogen-bond donors (Lipinski definition) is 0. The van der Waals surface area contributed by atoms with E-state index >= 15 is 0 Å². The van der Waals surface area contributed by atoms with Gasteiger partial charge in [0.05, 0.1) is 11.4 Å². The van der Waals surface area contributed by atoms with Crippen LogP contribution in [0.25, 0.3) is 87.0 Å². The quantitative estimate of drug-likeness (QED) is 0.152. The van der Waals surface area contributed by atoms with Crippen molar-refractivity contribution < 1.29 is 8.83 Å². The van der Waals surface area contributed by atoms with Crippen molar-refractivity contribution in [3.8, 4) is 0 Å². The van der Waals surface area contributed by atoms with Crippen LogP contribution in [0.15, 0.2) is 215 Å². The largest absolute Gasteiger partial charge is 0.455 e. The molecule has 11 aromatic carbocycles. The Bertz CT molecular complexity index is 3830. The number of benzene rings is 11. The van der Waals surface area contributed by atoms with Gasteiger partial charge >= 0.3 is 0 Å². The molecule has 0 saturated heterocycles. The van der Waals surface area contributed by atoms with E-state index in [0.717, 1.165) is 99.5 Å². The molecule has 0 saturated carbocycles. The second-order valence-electron chi connectivity index (χ2n) is 18.9. The Hall–Kier alpha value is -8.34. The van der Waals surface area contributed by atoms with Gasteiger partial charge in [0.15, 0.2) is 0 Å². The predicted octanol–water partition coefficient (Wildman–Crippen LogP) is 19.3. The van der Waals surface area contributed by atoms with Gasteiger partial charge in [0, 0.05) is 71.9 Å². The van der Waals surface area contributed by atoms with Crippen molar-refractivity contribution in [1.29, 1.82) is 0 Å². The molecule has 0 amide bonds. The first kappa shape index (κ1) is 40.0. The summed E-state index contributed by atoms with van der Waals surface area (Å²) in [4.78, 5) is 4.76. The summed E-state index contributed by atoms with van der Waals surface area (Å²) in [5.41, 5.74) is 12.7. The van der Waals surface area contributed by atoms with Gasteiger partial charge in [-0.3, -0.25) is 0 Å². The first-order valence-electron chi connectivity index (χ1n) is 23.8. The molecule has 0 aliphatic heterocycles. The van der Waals surface area contributed by atoms with Crippen molar-refractivity contribution in [2.45, 2.75) is 39.5 Å². The predicted molar refractivity (Wildman–Crippen MR) is 289 cm³/mol. The van der Waals surface area contributed by atoms with Gasteiger partial charge in [-0.05, 0) is 136 Å². The maximum Gasteiger partial charge on any atom is 0.143 e. The minimum atomic E-state index is 0.455. The molecule has 0 N–H and O–H groups in total. The van der Waals surface area contributed by atoms with Gasteiger partial charge in [-0.2, -0.15) is 0 Å². The molecule has 326 valence electrons. The molecule has 13 rings (SSSR count). The summed E-state index contributed by atoms with van der Waals surface area (Å²) in [5, 5.41) is 13.5. The smallest absolute Gasteiger partial charge is 0.143 e. The highest BCUT2D eigenvalue weighted by Gasteiger charge is 2.21. The third-order valence-electron chi connectivity index (χ3n) is 14.2. The molecule has 0 aliphatic carbocycles. The lowest BCUT2D eigenvalue weighted by atomic mass is 10.0. The van der Waals surface area contributed by atoms with Gasteiger partial charge < -0.3 is 18.6 Å². The van der Waals surface area contributed by atoms with E-state index in [-0.39, 0.29) is 0 Å². The van der Waals surface area contributed by atoms with E-state index < -0.39 is 0 Å². The van der Waals surface area contributed by atoms with Crippen LogP contribution in [0.5, 0.6) is 0 Å². The number of fused-ring (bicyclic) bond motifs is 12. The van der Waals surface area contributed by atoms with E-state index in [1.165, 1.54) is 32.7 Å². The van der Waals surface area contributed by atoms with Gasteiger partial charge in [-0.25, -0.2) is 0 Å². The van der Waals surface area contributed by atoms with E-state index in [2.05, 4.69) is 244 Å². The molecule has 4 heteroatoms.